The number of fused-ring (bicyclic) bond motifs is 4. The Morgan fingerprint density at radius 3 is 2.18 bits per heavy atom. The van der Waals surface area contributed by atoms with E-state index in [2.05, 4.69) is 59.9 Å². The Balaban J connectivity index is 1.41. The number of rotatable bonds is 15. The van der Waals surface area contributed by atoms with Gasteiger partial charge in [-0.2, -0.15) is 21.4 Å². The number of carbonyl (C=O) groups excluding carboxylic acids is 2. The van der Waals surface area contributed by atoms with Crippen molar-refractivity contribution in [2.24, 2.45) is 0 Å². The van der Waals surface area contributed by atoms with Gasteiger partial charge in [0.05, 0.1) is 16.1 Å². The molecule has 2 aliphatic rings. The number of amides is 2. The third-order valence-corrected chi connectivity index (χ3v) is 13.1. The number of para-hydroxylation sites is 1. The fraction of sp³-hybridized carbons (Fsp3) is 0.298. The van der Waals surface area contributed by atoms with E-state index in [4.69, 9.17) is 0 Å². The lowest BCUT2D eigenvalue weighted by Gasteiger charge is -2.27. The van der Waals surface area contributed by atoms with Crippen LogP contribution in [0.15, 0.2) is 126 Å². The molecule has 0 atom stereocenters. The van der Waals surface area contributed by atoms with Crippen LogP contribution in [0.5, 0.6) is 0 Å². The van der Waals surface area contributed by atoms with E-state index in [-0.39, 0.29) is 35.1 Å². The van der Waals surface area contributed by atoms with Gasteiger partial charge in [-0.15, -0.1) is 0 Å². The fourth-order valence-corrected chi connectivity index (χ4v) is 9.33. The summed E-state index contributed by atoms with van der Waals surface area (Å²) in [5.74, 6) is -0.902. The number of carbonyl (C=O) groups is 2. The largest absolute Gasteiger partial charge is 0.352 e. The summed E-state index contributed by atoms with van der Waals surface area (Å²) in [6.45, 7) is 14.8. The number of benzene rings is 4. The molecule has 4 aromatic carbocycles. The Hall–Kier alpha value is -5.67. The minimum absolute atomic E-state index is 0.134. The highest BCUT2D eigenvalue weighted by atomic mass is 32.2. The summed E-state index contributed by atoms with van der Waals surface area (Å²) in [6, 6.07) is 23.7. The van der Waals surface area contributed by atoms with E-state index in [1.54, 1.807) is 31.2 Å². The van der Waals surface area contributed by atoms with E-state index in [0.29, 0.717) is 36.0 Å². The Bertz CT molecular complexity index is 2780. The second-order valence-corrected chi connectivity index (χ2v) is 19.5. The fourth-order valence-electron chi connectivity index (χ4n) is 8.32. The van der Waals surface area contributed by atoms with Crippen LogP contribution in [0.1, 0.15) is 74.5 Å². The van der Waals surface area contributed by atoms with Gasteiger partial charge in [-0.3, -0.25) is 18.7 Å². The lowest BCUT2D eigenvalue weighted by Crippen LogP contribution is -2.30. The van der Waals surface area contributed by atoms with E-state index in [1.165, 1.54) is 17.7 Å². The minimum atomic E-state index is -4.44. The second-order valence-electron chi connectivity index (χ2n) is 16.6. The van der Waals surface area contributed by atoms with Crippen molar-refractivity contribution in [3.05, 3.63) is 143 Å². The van der Waals surface area contributed by atoms with Gasteiger partial charge >= 0.3 is 0 Å². The average molecular weight is 866 g/mol. The van der Waals surface area contributed by atoms with Crippen molar-refractivity contribution in [2.75, 3.05) is 37.3 Å². The molecule has 4 N–H and O–H groups in total. The van der Waals surface area contributed by atoms with Gasteiger partial charge in [-0.05, 0) is 104 Å². The lowest BCUT2D eigenvalue weighted by molar-refractivity contribution is -0.401. The summed E-state index contributed by atoms with van der Waals surface area (Å²) < 4.78 is 69.3. The molecule has 320 valence electrons. The molecule has 0 bridgehead atoms. The topological polar surface area (TPSA) is 173 Å². The molecule has 4 aromatic rings. The molecule has 61 heavy (non-hydrogen) atoms. The maximum atomic E-state index is 13.1. The molecule has 0 fully saturated rings. The summed E-state index contributed by atoms with van der Waals surface area (Å²) >= 11 is 0. The highest BCUT2D eigenvalue weighted by Crippen LogP contribution is 2.51. The highest BCUT2D eigenvalue weighted by Gasteiger charge is 2.43. The Labute approximate surface area is 358 Å². The van der Waals surface area contributed by atoms with Crippen molar-refractivity contribution in [3.63, 3.8) is 0 Å². The summed E-state index contributed by atoms with van der Waals surface area (Å²) in [4.78, 5) is 26.7. The first-order valence-electron chi connectivity index (χ1n) is 20.0. The van der Waals surface area contributed by atoms with Crippen LogP contribution in [0.3, 0.4) is 0 Å². The minimum Gasteiger partial charge on any atom is -0.352 e. The smallest absolute Gasteiger partial charge is 0.294 e. The number of hydrogen-bond acceptors (Lipinski definition) is 7. The van der Waals surface area contributed by atoms with Gasteiger partial charge in [0.2, 0.25) is 11.6 Å². The molecule has 0 aliphatic carbocycles. The predicted octanol–water partition coefficient (Wildman–Crippen LogP) is 7.50. The van der Waals surface area contributed by atoms with Gasteiger partial charge in [0, 0.05) is 65.3 Å². The molecular weight excluding hydrogens is 813 g/mol. The summed E-state index contributed by atoms with van der Waals surface area (Å²) in [7, 11) is -6.63. The molecule has 2 amide bonds. The zero-order valence-electron chi connectivity index (χ0n) is 35.3. The molecule has 0 saturated carbocycles. The van der Waals surface area contributed by atoms with Crippen molar-refractivity contribution in [1.82, 2.24) is 10.6 Å². The second kappa shape index (κ2) is 17.4. The van der Waals surface area contributed by atoms with Crippen LogP contribution < -0.4 is 15.5 Å². The highest BCUT2D eigenvalue weighted by molar-refractivity contribution is 7.86. The van der Waals surface area contributed by atoms with Crippen molar-refractivity contribution < 1.29 is 40.1 Å². The Morgan fingerprint density at radius 1 is 0.852 bits per heavy atom. The van der Waals surface area contributed by atoms with Gasteiger partial charge in [-0.1, -0.05) is 69.0 Å². The quantitative estimate of drug-likeness (QED) is 0.0310. The standard InChI is InChI=1S/C47H52N4O8S2/c1-31(2)44(52)48-26-10-27-49-45(53)34-16-14-32(15-17-34)33(19-24-41-46(3,4)38-12-8-9-13-39(38)50(41)7)20-25-42-47(5,6)43-37-22-21-36(61(57,58)59)30-35(37)18-23-40(43)51(42)28-11-29-60(54,55)56/h8-9,12-25,30H,1,10-11,26-29H2,2-7H3,(H3-,48,49,52,53,54,55,56,57,58,59)/p+1. The zero-order chi connectivity index (χ0) is 44.5. The Kier molecular flexibility index (Phi) is 12.8. The summed E-state index contributed by atoms with van der Waals surface area (Å²) in [5.41, 5.74) is 7.52. The van der Waals surface area contributed by atoms with Crippen LogP contribution in [0.2, 0.25) is 0 Å². The van der Waals surface area contributed by atoms with E-state index < -0.39 is 31.4 Å². The molecule has 0 spiro atoms. The van der Waals surface area contributed by atoms with E-state index >= 15 is 0 Å². The van der Waals surface area contributed by atoms with Gasteiger partial charge < -0.3 is 15.5 Å². The normalized spacial score (nSPS) is 16.6. The first-order chi connectivity index (χ1) is 28.6. The molecule has 0 saturated heterocycles. The van der Waals surface area contributed by atoms with Crippen LogP contribution >= 0.6 is 0 Å². The van der Waals surface area contributed by atoms with Crippen molar-refractivity contribution in [3.8, 4) is 0 Å². The molecule has 0 unspecified atom stereocenters. The zero-order valence-corrected chi connectivity index (χ0v) is 37.0. The third kappa shape index (κ3) is 9.62. The van der Waals surface area contributed by atoms with Gasteiger partial charge in [-0.25, -0.2) is 0 Å². The predicted molar refractivity (Wildman–Crippen MR) is 242 cm³/mol. The maximum Gasteiger partial charge on any atom is 0.294 e. The number of nitrogens with one attached hydrogen (secondary N) is 2. The van der Waals surface area contributed by atoms with Crippen LogP contribution in [-0.4, -0.2) is 80.5 Å². The van der Waals surface area contributed by atoms with Crippen molar-refractivity contribution >= 4 is 65.5 Å². The van der Waals surface area contributed by atoms with Crippen LogP contribution in [-0.2, 0) is 35.9 Å². The molecule has 0 radical (unpaired) electrons. The van der Waals surface area contributed by atoms with Crippen molar-refractivity contribution in [1.29, 1.82) is 0 Å². The summed E-state index contributed by atoms with van der Waals surface area (Å²) in [5, 5.41) is 7.05. The molecule has 14 heteroatoms. The van der Waals surface area contributed by atoms with E-state index in [9.17, 15) is 35.5 Å². The first kappa shape index (κ1) is 44.9. The van der Waals surface area contributed by atoms with E-state index in [0.717, 1.165) is 44.9 Å². The number of hydrogen-bond donors (Lipinski definition) is 4. The lowest BCUT2D eigenvalue weighted by atomic mass is 9.80. The molecule has 0 aromatic heterocycles. The Morgan fingerprint density at radius 2 is 1.52 bits per heavy atom. The molecule has 6 rings (SSSR count). The maximum absolute atomic E-state index is 13.1. The number of allylic oxidation sites excluding steroid dienone is 6. The molecular formula is C47H53N4O8S2+. The van der Waals surface area contributed by atoms with Gasteiger partial charge in [0.25, 0.3) is 26.1 Å². The first-order valence-corrected chi connectivity index (χ1v) is 23.1. The number of anilines is 1. The number of nitrogens with zero attached hydrogens (tertiary/aromatic N) is 2. The van der Waals surface area contributed by atoms with Gasteiger partial charge in [0.1, 0.15) is 7.05 Å². The van der Waals surface area contributed by atoms with Crippen LogP contribution in [0, 0.1) is 0 Å². The molecule has 2 aliphatic heterocycles. The average Bonchev–Trinajstić information content (AvgIpc) is 3.53. The molecule has 2 heterocycles. The SMILES string of the molecule is C=C(C)C(=O)NCCCNC(=O)c1ccc(C(=C\C=C2/N(CCCS(=O)(=O)O)c3ccc4cc(S(=O)(=O)O)ccc4c3C2(C)C)/C=C/C2=[N+](C)c3ccccc3C2(C)C)cc1. The van der Waals surface area contributed by atoms with Crippen LogP contribution in [0.25, 0.3) is 16.3 Å². The van der Waals surface area contributed by atoms with Crippen LogP contribution in [0.4, 0.5) is 11.4 Å². The summed E-state index contributed by atoms with van der Waals surface area (Å²) in [6.07, 6.45) is 8.84. The monoisotopic (exact) mass is 865 g/mol. The molecule has 12 nitrogen and oxygen atoms in total. The third-order valence-electron chi connectivity index (χ3n) is 11.5. The van der Waals surface area contributed by atoms with Crippen molar-refractivity contribution in [2.45, 2.75) is 63.2 Å². The van der Waals surface area contributed by atoms with E-state index in [1.807, 2.05) is 68.3 Å². The van der Waals surface area contributed by atoms with Gasteiger partial charge in [0.15, 0.2) is 5.71 Å².